The molecule has 0 saturated carbocycles. The van der Waals surface area contributed by atoms with Gasteiger partial charge in [-0.1, -0.05) is 0 Å². The Bertz CT molecular complexity index is 629. The zero-order chi connectivity index (χ0) is 17.9. The van der Waals surface area contributed by atoms with Crippen molar-refractivity contribution in [1.29, 1.82) is 0 Å². The number of hydrogen-bond acceptors (Lipinski definition) is 6. The number of nitrogens with zero attached hydrogens (tertiary/aromatic N) is 2. The molecule has 2 rings (SSSR count). The van der Waals surface area contributed by atoms with Crippen LogP contribution in [0, 0.1) is 0 Å². The minimum Gasteiger partial charge on any atom is -0.487 e. The van der Waals surface area contributed by atoms with Gasteiger partial charge in [-0.2, -0.15) is 0 Å². The van der Waals surface area contributed by atoms with Crippen molar-refractivity contribution in [3.63, 3.8) is 0 Å². The molecule has 0 spiro atoms. The molecular weight excluding hydrogens is 380 g/mol. The van der Waals surface area contributed by atoms with Gasteiger partial charge < -0.3 is 14.2 Å². The zero-order valence-corrected chi connectivity index (χ0v) is 15.8. The molecule has 0 aliphatic carbocycles. The maximum atomic E-state index is 12.7. The standard InChI is InChI=1S/C16H21BrN2O5/c1-5-22-13(20)7-11-9-23-12-6-10(17)8-18-14(12)19(11)15(21)24-16(2,3)4/h6,8,11H,5,7,9H2,1-4H3. The molecule has 1 amide bonds. The quantitative estimate of drug-likeness (QED) is 0.724. The molecule has 2 heterocycles. The highest BCUT2D eigenvalue weighted by molar-refractivity contribution is 9.10. The lowest BCUT2D eigenvalue weighted by molar-refractivity contribution is -0.143. The summed E-state index contributed by atoms with van der Waals surface area (Å²) in [5.74, 6) is 0.378. The normalized spacial score (nSPS) is 16.9. The van der Waals surface area contributed by atoms with Crippen molar-refractivity contribution in [2.24, 2.45) is 0 Å². The summed E-state index contributed by atoms with van der Waals surface area (Å²) in [6.07, 6.45) is 0.993. The van der Waals surface area contributed by atoms with Gasteiger partial charge in [0, 0.05) is 10.7 Å². The Morgan fingerprint density at radius 1 is 1.46 bits per heavy atom. The van der Waals surface area contributed by atoms with Crippen molar-refractivity contribution in [2.75, 3.05) is 18.1 Å². The number of halogens is 1. The van der Waals surface area contributed by atoms with E-state index in [1.165, 1.54) is 4.90 Å². The number of fused-ring (bicyclic) bond motifs is 1. The summed E-state index contributed by atoms with van der Waals surface area (Å²) in [4.78, 5) is 30.1. The third-order valence-corrected chi connectivity index (χ3v) is 3.56. The van der Waals surface area contributed by atoms with Crippen molar-refractivity contribution in [3.05, 3.63) is 16.7 Å². The van der Waals surface area contributed by atoms with Crippen LogP contribution in [-0.4, -0.2) is 41.9 Å². The highest BCUT2D eigenvalue weighted by Crippen LogP contribution is 2.35. The van der Waals surface area contributed by atoms with Crippen molar-refractivity contribution < 1.29 is 23.8 Å². The molecule has 1 aliphatic rings. The highest BCUT2D eigenvalue weighted by Gasteiger charge is 2.38. The number of aromatic nitrogens is 1. The minimum atomic E-state index is -0.667. The van der Waals surface area contributed by atoms with Crippen molar-refractivity contribution in [1.82, 2.24) is 4.98 Å². The lowest BCUT2D eigenvalue weighted by atomic mass is 10.1. The van der Waals surface area contributed by atoms with Gasteiger partial charge in [0.25, 0.3) is 0 Å². The summed E-state index contributed by atoms with van der Waals surface area (Å²) in [5, 5.41) is 0. The van der Waals surface area contributed by atoms with Crippen LogP contribution in [0.1, 0.15) is 34.1 Å². The van der Waals surface area contributed by atoms with E-state index < -0.39 is 23.7 Å². The van der Waals surface area contributed by atoms with Crippen molar-refractivity contribution >= 4 is 33.8 Å². The molecule has 0 fully saturated rings. The largest absolute Gasteiger partial charge is 0.487 e. The Kier molecular flexibility index (Phi) is 5.69. The molecule has 24 heavy (non-hydrogen) atoms. The number of pyridine rings is 1. The predicted molar refractivity (Wildman–Crippen MR) is 91.2 cm³/mol. The molecule has 1 atom stereocenters. The summed E-state index contributed by atoms with van der Waals surface area (Å²) in [6, 6.07) is 1.18. The van der Waals surface area contributed by atoms with Crippen LogP contribution in [0.25, 0.3) is 0 Å². The van der Waals surface area contributed by atoms with Gasteiger partial charge in [-0.15, -0.1) is 0 Å². The molecule has 0 saturated heterocycles. The Morgan fingerprint density at radius 2 is 2.17 bits per heavy atom. The van der Waals surface area contributed by atoms with Crippen LogP contribution in [0.3, 0.4) is 0 Å². The van der Waals surface area contributed by atoms with Gasteiger partial charge in [-0.3, -0.25) is 9.69 Å². The van der Waals surface area contributed by atoms with Gasteiger partial charge in [0.1, 0.15) is 12.2 Å². The van der Waals surface area contributed by atoms with E-state index in [2.05, 4.69) is 20.9 Å². The Labute approximate surface area is 149 Å². The number of rotatable bonds is 3. The summed E-state index contributed by atoms with van der Waals surface area (Å²) < 4.78 is 16.8. The monoisotopic (exact) mass is 400 g/mol. The smallest absolute Gasteiger partial charge is 0.416 e. The van der Waals surface area contributed by atoms with E-state index in [1.807, 2.05) is 0 Å². The van der Waals surface area contributed by atoms with Crippen LogP contribution >= 0.6 is 15.9 Å². The van der Waals surface area contributed by atoms with Gasteiger partial charge >= 0.3 is 12.1 Å². The Balaban J connectivity index is 2.32. The number of carbonyl (C=O) groups is 2. The van der Waals surface area contributed by atoms with Crippen molar-refractivity contribution in [2.45, 2.75) is 45.8 Å². The molecule has 1 aromatic heterocycles. The number of esters is 1. The van der Waals surface area contributed by atoms with Crippen LogP contribution in [-0.2, 0) is 14.3 Å². The maximum Gasteiger partial charge on any atom is 0.416 e. The lowest BCUT2D eigenvalue weighted by Crippen LogP contribution is -2.50. The number of amides is 1. The third-order valence-electron chi connectivity index (χ3n) is 3.12. The Hall–Kier alpha value is -1.83. The van der Waals surface area contributed by atoms with Crippen LogP contribution in [0.5, 0.6) is 5.75 Å². The van der Waals surface area contributed by atoms with E-state index in [9.17, 15) is 9.59 Å². The van der Waals surface area contributed by atoms with Gasteiger partial charge in [0.2, 0.25) is 0 Å². The number of carbonyl (C=O) groups excluding carboxylic acids is 2. The van der Waals surface area contributed by atoms with Gasteiger partial charge in [-0.25, -0.2) is 9.78 Å². The van der Waals surface area contributed by atoms with E-state index in [0.29, 0.717) is 11.6 Å². The fourth-order valence-electron chi connectivity index (χ4n) is 2.24. The molecule has 1 aliphatic heterocycles. The Morgan fingerprint density at radius 3 is 2.79 bits per heavy atom. The van der Waals surface area contributed by atoms with Crippen molar-refractivity contribution in [3.8, 4) is 5.75 Å². The lowest BCUT2D eigenvalue weighted by Gasteiger charge is -2.36. The van der Waals surface area contributed by atoms with Gasteiger partial charge in [0.05, 0.1) is 19.1 Å². The fraction of sp³-hybridized carbons (Fsp3) is 0.562. The third kappa shape index (κ3) is 4.59. The van der Waals surface area contributed by atoms with Gasteiger partial charge in [0.15, 0.2) is 11.6 Å². The second-order valence-corrected chi connectivity index (χ2v) is 7.22. The maximum absolute atomic E-state index is 12.7. The van der Waals surface area contributed by atoms with Crippen LogP contribution < -0.4 is 9.64 Å². The summed E-state index contributed by atoms with van der Waals surface area (Å²) >= 11 is 3.32. The summed E-state index contributed by atoms with van der Waals surface area (Å²) in [5.41, 5.74) is -0.667. The van der Waals surface area contributed by atoms with E-state index in [-0.39, 0.29) is 19.6 Å². The summed E-state index contributed by atoms with van der Waals surface area (Å²) in [7, 11) is 0. The van der Waals surface area contributed by atoms with E-state index in [4.69, 9.17) is 14.2 Å². The zero-order valence-electron chi connectivity index (χ0n) is 14.2. The summed E-state index contributed by atoms with van der Waals surface area (Å²) in [6.45, 7) is 7.50. The van der Waals surface area contributed by atoms with Gasteiger partial charge in [-0.05, 0) is 49.7 Å². The molecule has 0 aromatic carbocycles. The SMILES string of the molecule is CCOC(=O)CC1COc2cc(Br)cnc2N1C(=O)OC(C)(C)C. The molecule has 0 N–H and O–H groups in total. The van der Waals surface area contributed by atoms with Crippen LogP contribution in [0.2, 0.25) is 0 Å². The highest BCUT2D eigenvalue weighted by atomic mass is 79.9. The number of ether oxygens (including phenoxy) is 3. The van der Waals surface area contributed by atoms with Crippen LogP contribution in [0.4, 0.5) is 10.6 Å². The topological polar surface area (TPSA) is 78.0 Å². The second kappa shape index (κ2) is 7.38. The van der Waals surface area contributed by atoms with E-state index in [1.54, 1.807) is 40.0 Å². The molecule has 0 bridgehead atoms. The molecule has 0 radical (unpaired) electrons. The number of hydrogen-bond donors (Lipinski definition) is 0. The van der Waals surface area contributed by atoms with Crippen LogP contribution in [0.15, 0.2) is 16.7 Å². The van der Waals surface area contributed by atoms with E-state index in [0.717, 1.165) is 4.47 Å². The average Bonchev–Trinajstić information content (AvgIpc) is 2.45. The second-order valence-electron chi connectivity index (χ2n) is 6.30. The first kappa shape index (κ1) is 18.5. The molecule has 132 valence electrons. The first-order valence-corrected chi connectivity index (χ1v) is 8.46. The molecule has 8 heteroatoms. The first-order valence-electron chi connectivity index (χ1n) is 7.67. The molecule has 7 nitrogen and oxygen atoms in total. The minimum absolute atomic E-state index is 0.00423. The molecule has 1 aromatic rings. The molecule has 1 unspecified atom stereocenters. The predicted octanol–water partition coefficient (Wildman–Crippen LogP) is 3.30. The fourth-order valence-corrected chi connectivity index (χ4v) is 2.55. The first-order chi connectivity index (χ1) is 11.2. The molecular formula is C16H21BrN2O5. The average molecular weight is 401 g/mol. The number of anilines is 1. The van der Waals surface area contributed by atoms with E-state index >= 15 is 0 Å².